The summed E-state index contributed by atoms with van der Waals surface area (Å²) < 4.78 is 0. The van der Waals surface area contributed by atoms with Gasteiger partial charge in [-0.25, -0.2) is 0 Å². The highest BCUT2D eigenvalue weighted by Crippen LogP contribution is 2.73. The first-order valence-corrected chi connectivity index (χ1v) is 9.40. The molecule has 24 heavy (non-hydrogen) atoms. The highest BCUT2D eigenvalue weighted by molar-refractivity contribution is 6.04. The van der Waals surface area contributed by atoms with Gasteiger partial charge in [0.25, 0.3) is 0 Å². The topological polar surface area (TPSA) is 57.5 Å². The van der Waals surface area contributed by atoms with Crippen LogP contribution in [0.3, 0.4) is 0 Å². The average Bonchev–Trinajstić information content (AvgIpc) is 3.07. The Labute approximate surface area is 144 Å². The molecule has 0 heterocycles. The van der Waals surface area contributed by atoms with E-state index >= 15 is 0 Å². The van der Waals surface area contributed by atoms with E-state index in [1.54, 1.807) is 0 Å². The molecule has 0 saturated heterocycles. The van der Waals surface area contributed by atoms with Gasteiger partial charge in [-0.1, -0.05) is 39.8 Å². The van der Waals surface area contributed by atoms with Gasteiger partial charge < -0.3 is 10.2 Å². The molecule has 4 rings (SSSR count). The number of rotatable bonds is 1. The molecule has 132 valence electrons. The molecule has 0 aromatic heterocycles. The fourth-order valence-corrected chi connectivity index (χ4v) is 6.90. The average molecular weight is 330 g/mol. The molecule has 7 unspecified atom stereocenters. The zero-order valence-corrected chi connectivity index (χ0v) is 15.4. The van der Waals surface area contributed by atoms with E-state index in [1.807, 2.05) is 13.0 Å². The molecule has 0 aliphatic heterocycles. The van der Waals surface area contributed by atoms with Gasteiger partial charge in [0.15, 0.2) is 5.78 Å². The Morgan fingerprint density at radius 1 is 1.17 bits per heavy atom. The molecule has 2 fully saturated rings. The summed E-state index contributed by atoms with van der Waals surface area (Å²) in [5.41, 5.74) is 0.499. The van der Waals surface area contributed by atoms with Crippen molar-refractivity contribution < 1.29 is 15.0 Å². The lowest BCUT2D eigenvalue weighted by atomic mass is 9.61. The number of hydrogen-bond acceptors (Lipinski definition) is 3. The number of carbonyl (C=O) groups is 1. The predicted molar refractivity (Wildman–Crippen MR) is 93.1 cm³/mol. The van der Waals surface area contributed by atoms with E-state index in [0.717, 1.165) is 5.57 Å². The van der Waals surface area contributed by atoms with E-state index in [-0.39, 0.29) is 30.6 Å². The number of allylic oxidation sites excluding steroid dienone is 1. The second kappa shape index (κ2) is 4.82. The number of Topliss-reactive ketones (excluding diaryl/α,β-unsaturated/α-hetero) is 1. The van der Waals surface area contributed by atoms with Crippen LogP contribution >= 0.6 is 0 Å². The number of carbonyl (C=O) groups excluding carboxylic acids is 1. The molecule has 0 spiro atoms. The molecule has 0 radical (unpaired) electrons. The Kier molecular flexibility index (Phi) is 3.32. The maximum Gasteiger partial charge on any atom is 0.190 e. The van der Waals surface area contributed by atoms with E-state index in [4.69, 9.17) is 0 Å². The molecule has 3 heteroatoms. The minimum atomic E-state index is -1.35. The molecule has 0 aromatic rings. The molecule has 8 atom stereocenters. The van der Waals surface area contributed by atoms with Crippen LogP contribution in [0.25, 0.3) is 0 Å². The van der Waals surface area contributed by atoms with Gasteiger partial charge in [0, 0.05) is 12.3 Å². The number of fused-ring (bicyclic) bond motifs is 5. The third kappa shape index (κ3) is 1.83. The highest BCUT2D eigenvalue weighted by atomic mass is 16.3. The molecule has 2 saturated carbocycles. The molecule has 3 nitrogen and oxygen atoms in total. The summed E-state index contributed by atoms with van der Waals surface area (Å²) in [7, 11) is 0. The van der Waals surface area contributed by atoms with Gasteiger partial charge in [0.1, 0.15) is 5.60 Å². The van der Waals surface area contributed by atoms with Crippen molar-refractivity contribution in [2.75, 3.05) is 6.61 Å². The van der Waals surface area contributed by atoms with Crippen molar-refractivity contribution in [1.82, 2.24) is 0 Å². The van der Waals surface area contributed by atoms with Crippen LogP contribution in [-0.2, 0) is 4.79 Å². The predicted octanol–water partition coefficient (Wildman–Crippen LogP) is 2.98. The Bertz CT molecular complexity index is 658. The van der Waals surface area contributed by atoms with E-state index in [2.05, 4.69) is 33.8 Å². The zero-order chi connectivity index (χ0) is 17.6. The molecule has 0 amide bonds. The Balaban J connectivity index is 1.86. The molecular weight excluding hydrogens is 300 g/mol. The van der Waals surface area contributed by atoms with Crippen LogP contribution in [0.5, 0.6) is 0 Å². The smallest absolute Gasteiger partial charge is 0.190 e. The number of aliphatic hydroxyl groups is 2. The van der Waals surface area contributed by atoms with Crippen molar-refractivity contribution >= 4 is 5.78 Å². The summed E-state index contributed by atoms with van der Waals surface area (Å²) in [5.74, 6) is 2.74. The van der Waals surface area contributed by atoms with Crippen molar-refractivity contribution in [1.29, 1.82) is 0 Å². The van der Waals surface area contributed by atoms with Gasteiger partial charge in [0.2, 0.25) is 0 Å². The fraction of sp³-hybridized carbons (Fsp3) is 0.762. The zero-order valence-electron chi connectivity index (χ0n) is 15.4. The largest absolute Gasteiger partial charge is 0.392 e. The van der Waals surface area contributed by atoms with E-state index in [9.17, 15) is 15.0 Å². The van der Waals surface area contributed by atoms with Crippen molar-refractivity contribution in [3.05, 3.63) is 23.3 Å². The number of hydrogen-bond donors (Lipinski definition) is 2. The second-order valence-corrected chi connectivity index (χ2v) is 9.53. The van der Waals surface area contributed by atoms with Crippen LogP contribution in [-0.4, -0.2) is 28.2 Å². The van der Waals surface area contributed by atoms with Crippen molar-refractivity contribution in [3.8, 4) is 0 Å². The molecule has 2 N–H and O–H groups in total. The third-order valence-electron chi connectivity index (χ3n) is 8.13. The first-order valence-electron chi connectivity index (χ1n) is 9.40. The maximum atomic E-state index is 12.7. The van der Waals surface area contributed by atoms with Crippen LogP contribution < -0.4 is 0 Å². The maximum absolute atomic E-state index is 12.7. The van der Waals surface area contributed by atoms with Gasteiger partial charge in [-0.05, 0) is 59.0 Å². The fourth-order valence-electron chi connectivity index (χ4n) is 6.90. The Hall–Kier alpha value is -0.930. The van der Waals surface area contributed by atoms with Crippen LogP contribution in [0.2, 0.25) is 0 Å². The lowest BCUT2D eigenvalue weighted by Gasteiger charge is -2.44. The lowest BCUT2D eigenvalue weighted by Crippen LogP contribution is -2.48. The molecule has 4 aliphatic carbocycles. The normalized spacial score (nSPS) is 51.8. The number of aliphatic hydroxyl groups excluding tert-OH is 1. The van der Waals surface area contributed by atoms with Crippen LogP contribution in [0.4, 0.5) is 0 Å². The summed E-state index contributed by atoms with van der Waals surface area (Å²) in [6.45, 7) is 11.1. The van der Waals surface area contributed by atoms with E-state index < -0.39 is 5.60 Å². The summed E-state index contributed by atoms with van der Waals surface area (Å²) in [5, 5.41) is 21.2. The summed E-state index contributed by atoms with van der Waals surface area (Å²) >= 11 is 0. The van der Waals surface area contributed by atoms with E-state index in [0.29, 0.717) is 40.6 Å². The van der Waals surface area contributed by atoms with Gasteiger partial charge in [-0.15, -0.1) is 0 Å². The standard InChI is InChI=1S/C21H30O3/c1-10-6-15-16-11(2)12(3)17-18(20(17,4)5)14(16)7-13(9-22)8-21(15,24)19(10)23/h6-7,11-12,14-18,22,24H,8-9H2,1-5H3/t11-,12?,14?,15?,16?,17?,18?,21?/m1/s1. The molecular formula is C21H30O3. The van der Waals surface area contributed by atoms with Crippen molar-refractivity contribution in [3.63, 3.8) is 0 Å². The third-order valence-corrected chi connectivity index (χ3v) is 8.13. The van der Waals surface area contributed by atoms with Crippen LogP contribution in [0.15, 0.2) is 23.3 Å². The second-order valence-electron chi connectivity index (χ2n) is 9.53. The molecule has 0 aromatic carbocycles. The molecule has 4 aliphatic rings. The Morgan fingerprint density at radius 3 is 2.46 bits per heavy atom. The first-order chi connectivity index (χ1) is 11.1. The summed E-state index contributed by atoms with van der Waals surface area (Å²) in [4.78, 5) is 12.7. The Morgan fingerprint density at radius 2 is 1.83 bits per heavy atom. The van der Waals surface area contributed by atoms with Crippen molar-refractivity contribution in [2.45, 2.75) is 46.6 Å². The van der Waals surface area contributed by atoms with Crippen LogP contribution in [0.1, 0.15) is 41.0 Å². The first kappa shape index (κ1) is 16.5. The van der Waals surface area contributed by atoms with Crippen molar-refractivity contribution in [2.24, 2.45) is 46.8 Å². The lowest BCUT2D eigenvalue weighted by molar-refractivity contribution is -0.138. The van der Waals surface area contributed by atoms with Gasteiger partial charge >= 0.3 is 0 Å². The van der Waals surface area contributed by atoms with Gasteiger partial charge in [0.05, 0.1) is 6.61 Å². The van der Waals surface area contributed by atoms with Crippen LogP contribution in [0, 0.1) is 46.8 Å². The van der Waals surface area contributed by atoms with E-state index in [1.165, 1.54) is 0 Å². The molecule has 0 bridgehead atoms. The summed E-state index contributed by atoms with van der Waals surface area (Å²) in [6.07, 6.45) is 4.55. The van der Waals surface area contributed by atoms with Gasteiger partial charge in [-0.3, -0.25) is 4.79 Å². The highest BCUT2D eigenvalue weighted by Gasteiger charge is 2.70. The summed E-state index contributed by atoms with van der Waals surface area (Å²) in [6, 6.07) is 0. The quantitative estimate of drug-likeness (QED) is 0.727. The minimum absolute atomic E-state index is 0.0632. The minimum Gasteiger partial charge on any atom is -0.392 e. The SMILES string of the molecule is CC1=CC2C3C(C=C(CO)CC2(O)C1=O)C1C(C(C)[C@H]3C)C1(C)C. The van der Waals surface area contributed by atoms with Gasteiger partial charge in [-0.2, -0.15) is 0 Å². The number of ketones is 1. The monoisotopic (exact) mass is 330 g/mol.